The van der Waals surface area contributed by atoms with Crippen LogP contribution in [-0.2, 0) is 4.79 Å². The Labute approximate surface area is 111 Å². The zero-order valence-electron chi connectivity index (χ0n) is 10.2. The Bertz CT molecular complexity index is 614. The number of carboxylic acid groups (broad SMARTS) is 1. The number of nitrogen functional groups attached to an aromatic ring is 2. The molecule has 96 valence electrons. The van der Waals surface area contributed by atoms with E-state index in [1.54, 1.807) is 24.3 Å². The van der Waals surface area contributed by atoms with Gasteiger partial charge in [-0.05, 0) is 35.4 Å². The number of hydrogen-bond acceptors (Lipinski definition) is 3. The Hall–Kier alpha value is -2.75. The van der Waals surface area contributed by atoms with Crippen molar-refractivity contribution in [2.75, 3.05) is 11.5 Å². The maximum Gasteiger partial charge on any atom is 0.336 e. The van der Waals surface area contributed by atoms with Crippen LogP contribution >= 0.6 is 0 Å². The molecule has 0 fully saturated rings. The van der Waals surface area contributed by atoms with Gasteiger partial charge < -0.3 is 16.6 Å². The molecule has 0 saturated carbocycles. The van der Waals surface area contributed by atoms with Crippen LogP contribution in [0.5, 0.6) is 0 Å². The summed E-state index contributed by atoms with van der Waals surface area (Å²) in [6.07, 6.45) is 1.59. The first-order valence-electron chi connectivity index (χ1n) is 5.73. The van der Waals surface area contributed by atoms with E-state index in [1.807, 2.05) is 30.3 Å². The lowest BCUT2D eigenvalue weighted by Gasteiger charge is -2.06. The molecular formula is C15H14N2O2. The highest BCUT2D eigenvalue weighted by molar-refractivity contribution is 6.21. The molecule has 2 aromatic rings. The van der Waals surface area contributed by atoms with Crippen molar-refractivity contribution in [3.05, 3.63) is 59.7 Å². The number of carboxylic acids is 1. The third-order valence-electron chi connectivity index (χ3n) is 2.63. The summed E-state index contributed by atoms with van der Waals surface area (Å²) in [5, 5.41) is 9.32. The molecule has 0 unspecified atom stereocenters. The summed E-state index contributed by atoms with van der Waals surface area (Å²) in [7, 11) is 0. The monoisotopic (exact) mass is 254 g/mol. The standard InChI is InChI=1S/C15H14N2O2/c16-12-7-11(8-13(17)9-12)14(15(18)19)6-10-4-2-1-3-5-10/h1-9H,16-17H2,(H,18,19). The Morgan fingerprint density at radius 2 is 1.58 bits per heavy atom. The highest BCUT2D eigenvalue weighted by Gasteiger charge is 2.11. The van der Waals surface area contributed by atoms with Gasteiger partial charge in [0, 0.05) is 11.4 Å². The van der Waals surface area contributed by atoms with E-state index >= 15 is 0 Å². The molecule has 0 aliphatic rings. The molecule has 0 atom stereocenters. The van der Waals surface area contributed by atoms with Crippen LogP contribution in [0.2, 0.25) is 0 Å². The van der Waals surface area contributed by atoms with E-state index in [2.05, 4.69) is 0 Å². The third kappa shape index (κ3) is 3.13. The van der Waals surface area contributed by atoms with E-state index in [9.17, 15) is 9.90 Å². The van der Waals surface area contributed by atoms with Crippen LogP contribution in [0.1, 0.15) is 11.1 Å². The summed E-state index contributed by atoms with van der Waals surface area (Å²) in [5.41, 5.74) is 13.7. The quantitative estimate of drug-likeness (QED) is 0.446. The van der Waals surface area contributed by atoms with E-state index in [-0.39, 0.29) is 5.57 Å². The molecule has 2 rings (SSSR count). The summed E-state index contributed by atoms with van der Waals surface area (Å²) < 4.78 is 0. The second-order valence-electron chi connectivity index (χ2n) is 4.16. The average molecular weight is 254 g/mol. The highest BCUT2D eigenvalue weighted by Crippen LogP contribution is 2.23. The molecule has 0 bridgehead atoms. The summed E-state index contributed by atoms with van der Waals surface area (Å²) in [6.45, 7) is 0. The van der Waals surface area contributed by atoms with Crippen LogP contribution in [0.4, 0.5) is 11.4 Å². The molecular weight excluding hydrogens is 240 g/mol. The fraction of sp³-hybridized carbons (Fsp3) is 0. The molecule has 0 spiro atoms. The van der Waals surface area contributed by atoms with Crippen LogP contribution in [0, 0.1) is 0 Å². The molecule has 0 saturated heterocycles. The maximum atomic E-state index is 11.4. The highest BCUT2D eigenvalue weighted by atomic mass is 16.4. The molecule has 4 nitrogen and oxygen atoms in total. The molecule has 0 aliphatic carbocycles. The van der Waals surface area contributed by atoms with Gasteiger partial charge in [-0.3, -0.25) is 0 Å². The van der Waals surface area contributed by atoms with Crippen LogP contribution in [-0.4, -0.2) is 11.1 Å². The first-order chi connectivity index (χ1) is 9.06. The van der Waals surface area contributed by atoms with Crippen molar-refractivity contribution < 1.29 is 9.90 Å². The molecule has 0 radical (unpaired) electrons. The van der Waals surface area contributed by atoms with Crippen LogP contribution in [0.15, 0.2) is 48.5 Å². The second kappa shape index (κ2) is 5.27. The number of anilines is 2. The first-order valence-corrected chi connectivity index (χ1v) is 5.73. The summed E-state index contributed by atoms with van der Waals surface area (Å²) in [6, 6.07) is 14.0. The number of nitrogens with two attached hydrogens (primary N) is 2. The van der Waals surface area contributed by atoms with E-state index in [1.165, 1.54) is 0 Å². The van der Waals surface area contributed by atoms with Crippen molar-refractivity contribution in [3.63, 3.8) is 0 Å². The largest absolute Gasteiger partial charge is 0.478 e. The lowest BCUT2D eigenvalue weighted by Crippen LogP contribution is -2.01. The topological polar surface area (TPSA) is 89.3 Å². The SMILES string of the molecule is Nc1cc(N)cc(C(=Cc2ccccc2)C(=O)O)c1. The molecule has 4 heteroatoms. The lowest BCUT2D eigenvalue weighted by atomic mass is 10.0. The van der Waals surface area contributed by atoms with Crippen molar-refractivity contribution in [3.8, 4) is 0 Å². The normalized spacial score (nSPS) is 11.3. The number of carbonyl (C=O) groups is 1. The Balaban J connectivity index is 2.52. The minimum atomic E-state index is -1.02. The van der Waals surface area contributed by atoms with Crippen LogP contribution < -0.4 is 11.5 Å². The fourth-order valence-electron chi connectivity index (χ4n) is 1.82. The Morgan fingerprint density at radius 1 is 1.00 bits per heavy atom. The molecule has 0 aromatic heterocycles. The van der Waals surface area contributed by atoms with Gasteiger partial charge >= 0.3 is 5.97 Å². The van der Waals surface area contributed by atoms with Crippen LogP contribution in [0.3, 0.4) is 0 Å². The smallest absolute Gasteiger partial charge is 0.336 e. The summed E-state index contributed by atoms with van der Waals surface area (Å²) in [4.78, 5) is 11.4. The van der Waals surface area contributed by atoms with Crippen molar-refractivity contribution >= 4 is 29.0 Å². The number of aliphatic carboxylic acids is 1. The zero-order chi connectivity index (χ0) is 13.8. The fourth-order valence-corrected chi connectivity index (χ4v) is 1.82. The van der Waals surface area contributed by atoms with Gasteiger partial charge in [-0.2, -0.15) is 0 Å². The molecule has 5 N–H and O–H groups in total. The Morgan fingerprint density at radius 3 is 2.11 bits per heavy atom. The molecule has 2 aromatic carbocycles. The first kappa shape index (κ1) is 12.7. The van der Waals surface area contributed by atoms with Gasteiger partial charge in [-0.1, -0.05) is 30.3 Å². The van der Waals surface area contributed by atoms with Gasteiger partial charge in [-0.15, -0.1) is 0 Å². The minimum Gasteiger partial charge on any atom is -0.478 e. The van der Waals surface area contributed by atoms with Crippen molar-refractivity contribution in [2.45, 2.75) is 0 Å². The number of hydrogen-bond donors (Lipinski definition) is 3. The second-order valence-corrected chi connectivity index (χ2v) is 4.16. The van der Waals surface area contributed by atoms with E-state index < -0.39 is 5.97 Å². The molecule has 0 amide bonds. The summed E-state index contributed by atoms with van der Waals surface area (Å²) in [5.74, 6) is -1.02. The van der Waals surface area contributed by atoms with Gasteiger partial charge in [0.15, 0.2) is 0 Å². The average Bonchev–Trinajstić information content (AvgIpc) is 2.35. The lowest BCUT2D eigenvalue weighted by molar-refractivity contribution is -0.130. The van der Waals surface area contributed by atoms with Gasteiger partial charge in [-0.25, -0.2) is 4.79 Å². The van der Waals surface area contributed by atoms with E-state index in [0.29, 0.717) is 16.9 Å². The predicted molar refractivity (Wildman–Crippen MR) is 77.2 cm³/mol. The zero-order valence-corrected chi connectivity index (χ0v) is 10.2. The predicted octanol–water partition coefficient (Wildman–Crippen LogP) is 2.48. The molecule has 0 aliphatic heterocycles. The van der Waals surface area contributed by atoms with E-state index in [0.717, 1.165) is 5.56 Å². The maximum absolute atomic E-state index is 11.4. The Kier molecular flexibility index (Phi) is 3.52. The minimum absolute atomic E-state index is 0.158. The number of benzene rings is 2. The van der Waals surface area contributed by atoms with Gasteiger partial charge in [0.1, 0.15) is 0 Å². The molecule has 0 heterocycles. The molecule has 19 heavy (non-hydrogen) atoms. The van der Waals surface area contributed by atoms with Gasteiger partial charge in [0.05, 0.1) is 5.57 Å². The van der Waals surface area contributed by atoms with Crippen molar-refractivity contribution in [2.24, 2.45) is 0 Å². The van der Waals surface area contributed by atoms with Gasteiger partial charge in [0.25, 0.3) is 0 Å². The summed E-state index contributed by atoms with van der Waals surface area (Å²) >= 11 is 0. The third-order valence-corrected chi connectivity index (χ3v) is 2.63. The number of rotatable bonds is 3. The van der Waals surface area contributed by atoms with Crippen molar-refractivity contribution in [1.82, 2.24) is 0 Å². The van der Waals surface area contributed by atoms with E-state index in [4.69, 9.17) is 11.5 Å². The van der Waals surface area contributed by atoms with Crippen LogP contribution in [0.25, 0.3) is 11.6 Å². The van der Waals surface area contributed by atoms with Crippen molar-refractivity contribution in [1.29, 1.82) is 0 Å². The van der Waals surface area contributed by atoms with Gasteiger partial charge in [0.2, 0.25) is 0 Å².